The fourth-order valence-corrected chi connectivity index (χ4v) is 1.80. The number of aromatic nitrogens is 1. The highest BCUT2D eigenvalue weighted by atomic mass is 16.5. The second-order valence-electron chi connectivity index (χ2n) is 4.89. The van der Waals surface area contributed by atoms with Gasteiger partial charge in [0.15, 0.2) is 0 Å². The molecule has 0 radical (unpaired) electrons. The zero-order valence-corrected chi connectivity index (χ0v) is 9.82. The van der Waals surface area contributed by atoms with E-state index in [1.165, 1.54) is 19.3 Å². The van der Waals surface area contributed by atoms with Gasteiger partial charge in [-0.25, -0.2) is 0 Å². The van der Waals surface area contributed by atoms with Crippen LogP contribution >= 0.6 is 0 Å². The molecule has 1 aromatic heterocycles. The Morgan fingerprint density at radius 3 is 2.94 bits per heavy atom. The van der Waals surface area contributed by atoms with Crippen molar-refractivity contribution in [2.45, 2.75) is 45.4 Å². The Morgan fingerprint density at radius 1 is 1.62 bits per heavy atom. The van der Waals surface area contributed by atoms with E-state index in [0.29, 0.717) is 24.1 Å². The van der Waals surface area contributed by atoms with Crippen molar-refractivity contribution in [3.05, 3.63) is 11.8 Å². The minimum atomic E-state index is -0.00805. The molecule has 4 heteroatoms. The Balaban J connectivity index is 1.89. The molecule has 1 aliphatic rings. The number of carbonyl (C=O) groups is 1. The fourth-order valence-electron chi connectivity index (χ4n) is 1.80. The van der Waals surface area contributed by atoms with Crippen LogP contribution in [0.2, 0.25) is 0 Å². The largest absolute Gasteiger partial charge is 0.338 e. The molecule has 1 aromatic rings. The maximum absolute atomic E-state index is 11.5. The number of hydrogen-bond acceptors (Lipinski definition) is 3. The Labute approximate surface area is 95.4 Å². The lowest BCUT2D eigenvalue weighted by molar-refractivity contribution is -0.117. The molecule has 88 valence electrons. The van der Waals surface area contributed by atoms with Gasteiger partial charge in [0.25, 0.3) is 0 Å². The summed E-state index contributed by atoms with van der Waals surface area (Å²) in [5.41, 5.74) is 0.978. The van der Waals surface area contributed by atoms with Crippen LogP contribution in [0.3, 0.4) is 0 Å². The fraction of sp³-hybridized carbons (Fsp3) is 0.667. The van der Waals surface area contributed by atoms with Crippen molar-refractivity contribution >= 4 is 11.8 Å². The average molecular weight is 222 g/mol. The molecule has 16 heavy (non-hydrogen) atoms. The van der Waals surface area contributed by atoms with E-state index in [1.807, 2.05) is 19.9 Å². The topological polar surface area (TPSA) is 55.1 Å². The summed E-state index contributed by atoms with van der Waals surface area (Å²) in [6, 6.07) is 1.85. The number of hydrogen-bond donors (Lipinski definition) is 1. The maximum atomic E-state index is 11.5. The molecule has 0 aromatic carbocycles. The standard InChI is InChI=1S/C12H18N2O2/c1-8(2)6-11(15)13-12-7-10(14-16-12)9-4-3-5-9/h7-9H,3-6H2,1-2H3,(H,13,15). The molecule has 0 saturated heterocycles. The van der Waals surface area contributed by atoms with E-state index in [0.717, 1.165) is 5.69 Å². The lowest BCUT2D eigenvalue weighted by atomic mass is 9.83. The second kappa shape index (κ2) is 4.68. The first-order valence-electron chi connectivity index (χ1n) is 5.91. The quantitative estimate of drug-likeness (QED) is 0.852. The summed E-state index contributed by atoms with van der Waals surface area (Å²) in [5.74, 6) is 1.37. The maximum Gasteiger partial charge on any atom is 0.231 e. The lowest BCUT2D eigenvalue weighted by Crippen LogP contribution is -2.13. The minimum Gasteiger partial charge on any atom is -0.338 e. The summed E-state index contributed by atoms with van der Waals surface area (Å²) in [6.07, 6.45) is 4.16. The third-order valence-electron chi connectivity index (χ3n) is 2.91. The summed E-state index contributed by atoms with van der Waals surface area (Å²) in [6.45, 7) is 4.03. The van der Waals surface area contributed by atoms with Crippen LogP contribution in [0.25, 0.3) is 0 Å². The molecular weight excluding hydrogens is 204 g/mol. The van der Waals surface area contributed by atoms with Crippen molar-refractivity contribution in [1.82, 2.24) is 5.16 Å². The van der Waals surface area contributed by atoms with Gasteiger partial charge in [0, 0.05) is 18.4 Å². The zero-order valence-electron chi connectivity index (χ0n) is 9.82. The summed E-state index contributed by atoms with van der Waals surface area (Å²) in [5, 5.41) is 6.71. The summed E-state index contributed by atoms with van der Waals surface area (Å²) < 4.78 is 5.09. The molecule has 1 N–H and O–H groups in total. The van der Waals surface area contributed by atoms with E-state index in [-0.39, 0.29) is 5.91 Å². The number of nitrogens with one attached hydrogen (secondary N) is 1. The monoisotopic (exact) mass is 222 g/mol. The van der Waals surface area contributed by atoms with Crippen molar-refractivity contribution in [2.75, 3.05) is 5.32 Å². The first-order chi connectivity index (χ1) is 7.65. The SMILES string of the molecule is CC(C)CC(=O)Nc1cc(C2CCC2)no1. The summed E-state index contributed by atoms with van der Waals surface area (Å²) in [7, 11) is 0. The highest BCUT2D eigenvalue weighted by Gasteiger charge is 2.23. The van der Waals surface area contributed by atoms with Gasteiger partial charge >= 0.3 is 0 Å². The van der Waals surface area contributed by atoms with Crippen LogP contribution in [0.4, 0.5) is 5.88 Å². The van der Waals surface area contributed by atoms with E-state index < -0.39 is 0 Å². The van der Waals surface area contributed by atoms with Gasteiger partial charge in [-0.15, -0.1) is 0 Å². The number of anilines is 1. The molecule has 1 amide bonds. The van der Waals surface area contributed by atoms with Crippen molar-refractivity contribution in [3.8, 4) is 0 Å². The van der Waals surface area contributed by atoms with Gasteiger partial charge in [-0.2, -0.15) is 0 Å². The summed E-state index contributed by atoms with van der Waals surface area (Å²) in [4.78, 5) is 11.5. The van der Waals surface area contributed by atoms with Gasteiger partial charge in [-0.05, 0) is 18.8 Å². The number of nitrogens with zero attached hydrogens (tertiary/aromatic N) is 1. The number of carbonyl (C=O) groups excluding carboxylic acids is 1. The second-order valence-corrected chi connectivity index (χ2v) is 4.89. The molecule has 1 saturated carbocycles. The van der Waals surface area contributed by atoms with E-state index in [4.69, 9.17) is 4.52 Å². The molecule has 1 fully saturated rings. The smallest absolute Gasteiger partial charge is 0.231 e. The molecule has 2 rings (SSSR count). The predicted octanol–water partition coefficient (Wildman–Crippen LogP) is 2.93. The van der Waals surface area contributed by atoms with Crippen LogP contribution in [-0.2, 0) is 4.79 Å². The van der Waals surface area contributed by atoms with Crippen molar-refractivity contribution in [3.63, 3.8) is 0 Å². The average Bonchev–Trinajstić information content (AvgIpc) is 2.47. The van der Waals surface area contributed by atoms with Gasteiger partial charge in [0.1, 0.15) is 0 Å². The third-order valence-corrected chi connectivity index (χ3v) is 2.91. The van der Waals surface area contributed by atoms with Crippen LogP contribution < -0.4 is 5.32 Å². The van der Waals surface area contributed by atoms with Crippen LogP contribution in [0.5, 0.6) is 0 Å². The molecular formula is C12H18N2O2. The van der Waals surface area contributed by atoms with Crippen LogP contribution in [0.1, 0.15) is 51.1 Å². The Morgan fingerprint density at radius 2 is 2.38 bits per heavy atom. The molecule has 0 spiro atoms. The zero-order chi connectivity index (χ0) is 11.5. The first-order valence-corrected chi connectivity index (χ1v) is 5.91. The highest BCUT2D eigenvalue weighted by molar-refractivity contribution is 5.89. The van der Waals surface area contributed by atoms with Gasteiger partial charge in [-0.1, -0.05) is 25.4 Å². The lowest BCUT2D eigenvalue weighted by Gasteiger charge is -2.22. The Bertz CT molecular complexity index is 367. The predicted molar refractivity (Wildman–Crippen MR) is 61.2 cm³/mol. The molecule has 0 atom stereocenters. The summed E-state index contributed by atoms with van der Waals surface area (Å²) >= 11 is 0. The third kappa shape index (κ3) is 2.62. The molecule has 0 unspecified atom stereocenters. The van der Waals surface area contributed by atoms with E-state index in [9.17, 15) is 4.79 Å². The van der Waals surface area contributed by atoms with E-state index in [1.54, 1.807) is 0 Å². The highest BCUT2D eigenvalue weighted by Crippen LogP contribution is 2.36. The van der Waals surface area contributed by atoms with Gasteiger partial charge in [0.2, 0.25) is 11.8 Å². The first kappa shape index (κ1) is 11.2. The van der Waals surface area contributed by atoms with Crippen LogP contribution in [0, 0.1) is 5.92 Å². The molecule has 0 aliphatic heterocycles. The molecule has 1 heterocycles. The van der Waals surface area contributed by atoms with Crippen molar-refractivity contribution < 1.29 is 9.32 Å². The molecule has 4 nitrogen and oxygen atoms in total. The minimum absolute atomic E-state index is 0.00805. The normalized spacial score (nSPS) is 16.2. The van der Waals surface area contributed by atoms with Crippen LogP contribution in [0.15, 0.2) is 10.6 Å². The van der Waals surface area contributed by atoms with Crippen LogP contribution in [-0.4, -0.2) is 11.1 Å². The number of rotatable bonds is 4. The van der Waals surface area contributed by atoms with Gasteiger partial charge in [0.05, 0.1) is 5.69 Å². The Kier molecular flexibility index (Phi) is 3.27. The van der Waals surface area contributed by atoms with E-state index >= 15 is 0 Å². The van der Waals surface area contributed by atoms with Crippen molar-refractivity contribution in [1.29, 1.82) is 0 Å². The Hall–Kier alpha value is -1.32. The molecule has 1 aliphatic carbocycles. The molecule has 0 bridgehead atoms. The van der Waals surface area contributed by atoms with Gasteiger partial charge in [-0.3, -0.25) is 10.1 Å². The van der Waals surface area contributed by atoms with E-state index in [2.05, 4.69) is 10.5 Å². The van der Waals surface area contributed by atoms with Gasteiger partial charge < -0.3 is 4.52 Å². The number of amides is 1. The van der Waals surface area contributed by atoms with Crippen molar-refractivity contribution in [2.24, 2.45) is 5.92 Å².